The van der Waals surface area contributed by atoms with E-state index in [9.17, 15) is 4.79 Å². The minimum atomic E-state index is -0.301. The van der Waals surface area contributed by atoms with Gasteiger partial charge >= 0.3 is 0 Å². The number of hydrogen-bond acceptors (Lipinski definition) is 5. The molecule has 0 unspecified atom stereocenters. The van der Waals surface area contributed by atoms with E-state index >= 15 is 0 Å². The average molecular weight is 328 g/mol. The second-order valence-electron chi connectivity index (χ2n) is 6.47. The Hall–Kier alpha value is -2.34. The van der Waals surface area contributed by atoms with Gasteiger partial charge in [-0.25, -0.2) is 0 Å². The highest BCUT2D eigenvalue weighted by atomic mass is 16.6. The Kier molecular flexibility index (Phi) is 3.98. The van der Waals surface area contributed by atoms with Crippen LogP contribution in [-0.2, 0) is 4.74 Å². The molecule has 0 aliphatic carbocycles. The predicted octanol–water partition coefficient (Wildman–Crippen LogP) is 2.52. The number of carbonyl (C=O) groups is 1. The molecule has 2 atom stereocenters. The van der Waals surface area contributed by atoms with Crippen LogP contribution in [0.5, 0.6) is 5.75 Å². The molecule has 24 heavy (non-hydrogen) atoms. The number of pyridine rings is 1. The number of ether oxygens (including phenoxy) is 2. The van der Waals surface area contributed by atoms with Gasteiger partial charge in [0.15, 0.2) is 0 Å². The molecular formula is C18H20N2O4. The highest BCUT2D eigenvalue weighted by Crippen LogP contribution is 2.36. The van der Waals surface area contributed by atoms with E-state index < -0.39 is 0 Å². The van der Waals surface area contributed by atoms with Crippen LogP contribution < -0.4 is 4.74 Å². The van der Waals surface area contributed by atoms with Crippen LogP contribution in [0, 0.1) is 0 Å². The normalized spacial score (nSPS) is 26.7. The number of piperidine rings is 1. The molecule has 2 aromatic rings. The van der Waals surface area contributed by atoms with Gasteiger partial charge in [-0.3, -0.25) is 9.78 Å². The number of likely N-dealkylation sites (tertiary alicyclic amines) is 1. The van der Waals surface area contributed by atoms with Gasteiger partial charge in [0.1, 0.15) is 18.1 Å². The lowest BCUT2D eigenvalue weighted by Crippen LogP contribution is -2.50. The van der Waals surface area contributed by atoms with Gasteiger partial charge in [-0.1, -0.05) is 0 Å². The lowest BCUT2D eigenvalue weighted by atomic mass is 9.89. The third-order valence-electron chi connectivity index (χ3n) is 4.71. The van der Waals surface area contributed by atoms with Gasteiger partial charge < -0.3 is 18.8 Å². The van der Waals surface area contributed by atoms with Crippen LogP contribution in [0.25, 0.3) is 0 Å². The number of amides is 1. The van der Waals surface area contributed by atoms with Crippen LogP contribution >= 0.6 is 0 Å². The molecule has 4 heterocycles. The lowest BCUT2D eigenvalue weighted by molar-refractivity contribution is -0.0453. The molecular weight excluding hydrogens is 308 g/mol. The molecule has 6 nitrogen and oxygen atoms in total. The minimum absolute atomic E-state index is 0.00169. The third kappa shape index (κ3) is 3.01. The topological polar surface area (TPSA) is 64.8 Å². The molecule has 126 valence electrons. The van der Waals surface area contributed by atoms with Crippen molar-refractivity contribution in [2.75, 3.05) is 19.7 Å². The largest absolute Gasteiger partial charge is 0.486 e. The summed E-state index contributed by atoms with van der Waals surface area (Å²) in [7, 11) is 0. The van der Waals surface area contributed by atoms with Crippen molar-refractivity contribution in [3.8, 4) is 5.75 Å². The molecule has 0 radical (unpaired) electrons. The van der Waals surface area contributed by atoms with Crippen molar-refractivity contribution < 1.29 is 18.7 Å². The number of hydrogen-bond donors (Lipinski definition) is 0. The summed E-state index contributed by atoms with van der Waals surface area (Å²) in [6.45, 7) is 1.90. The highest BCUT2D eigenvalue weighted by molar-refractivity contribution is 5.93. The highest BCUT2D eigenvalue weighted by Gasteiger charge is 2.45. The molecule has 2 aromatic heterocycles. The Morgan fingerprint density at radius 3 is 3.17 bits per heavy atom. The predicted molar refractivity (Wildman–Crippen MR) is 85.8 cm³/mol. The van der Waals surface area contributed by atoms with Gasteiger partial charge in [0.05, 0.1) is 36.8 Å². The molecule has 2 saturated heterocycles. The maximum absolute atomic E-state index is 12.5. The summed E-state index contributed by atoms with van der Waals surface area (Å²) < 4.78 is 17.1. The lowest BCUT2D eigenvalue weighted by Gasteiger charge is -2.39. The molecule has 0 bridgehead atoms. The maximum atomic E-state index is 12.5. The quantitative estimate of drug-likeness (QED) is 0.866. The first-order valence-electron chi connectivity index (χ1n) is 8.26. The van der Waals surface area contributed by atoms with E-state index in [1.54, 1.807) is 18.5 Å². The second kappa shape index (κ2) is 6.28. The van der Waals surface area contributed by atoms with Gasteiger partial charge in [-0.2, -0.15) is 0 Å². The van der Waals surface area contributed by atoms with E-state index in [4.69, 9.17) is 13.9 Å². The fourth-order valence-corrected chi connectivity index (χ4v) is 3.61. The number of carbonyl (C=O) groups excluding carboxylic acids is 1. The Morgan fingerprint density at radius 2 is 2.38 bits per heavy atom. The summed E-state index contributed by atoms with van der Waals surface area (Å²) in [5.41, 5.74) is 0.290. The first-order valence-corrected chi connectivity index (χ1v) is 8.26. The molecule has 0 saturated carbocycles. The summed E-state index contributed by atoms with van der Waals surface area (Å²) in [5.74, 6) is 0.758. The summed E-state index contributed by atoms with van der Waals surface area (Å²) in [4.78, 5) is 18.5. The van der Waals surface area contributed by atoms with Crippen molar-refractivity contribution in [2.24, 2.45) is 0 Å². The van der Waals surface area contributed by atoms with E-state index in [-0.39, 0.29) is 17.6 Å². The van der Waals surface area contributed by atoms with E-state index in [2.05, 4.69) is 4.98 Å². The zero-order valence-corrected chi connectivity index (χ0v) is 13.4. The molecule has 2 fully saturated rings. The van der Waals surface area contributed by atoms with Crippen molar-refractivity contribution in [2.45, 2.75) is 31.0 Å². The average Bonchev–Trinajstić information content (AvgIpc) is 3.26. The molecule has 1 spiro atoms. The Bertz CT molecular complexity index is 688. The van der Waals surface area contributed by atoms with E-state index in [0.717, 1.165) is 31.6 Å². The molecule has 2 aliphatic heterocycles. The summed E-state index contributed by atoms with van der Waals surface area (Å²) in [5, 5.41) is 0. The third-order valence-corrected chi connectivity index (χ3v) is 4.71. The SMILES string of the molecule is O=C(c1ccoc1)N1CCC[C@]2(C[C@@H](Oc3cccnc3)CO2)C1. The van der Waals surface area contributed by atoms with Crippen molar-refractivity contribution >= 4 is 5.91 Å². The van der Waals surface area contributed by atoms with E-state index in [1.807, 2.05) is 17.0 Å². The number of rotatable bonds is 3. The number of aromatic nitrogens is 1. The van der Waals surface area contributed by atoms with Gasteiger partial charge in [0, 0.05) is 19.2 Å². The summed E-state index contributed by atoms with van der Waals surface area (Å²) in [6.07, 6.45) is 9.12. The van der Waals surface area contributed by atoms with E-state index in [1.165, 1.54) is 12.5 Å². The Balaban J connectivity index is 1.41. The fraction of sp³-hybridized carbons (Fsp3) is 0.444. The van der Waals surface area contributed by atoms with E-state index in [0.29, 0.717) is 18.7 Å². The molecule has 4 rings (SSSR count). The minimum Gasteiger partial charge on any atom is -0.486 e. The zero-order chi connectivity index (χ0) is 16.4. The van der Waals surface area contributed by atoms with Crippen LogP contribution in [0.3, 0.4) is 0 Å². The summed E-state index contributed by atoms with van der Waals surface area (Å²) >= 11 is 0. The van der Waals surface area contributed by atoms with Crippen LogP contribution in [0.2, 0.25) is 0 Å². The maximum Gasteiger partial charge on any atom is 0.257 e. The molecule has 1 amide bonds. The standard InChI is InChI=1S/C18H20N2O4/c21-17(14-4-8-22-11-14)20-7-2-5-18(13-20)9-16(12-23-18)24-15-3-1-6-19-10-15/h1,3-4,6,8,10-11,16H,2,5,7,9,12-13H2/t16-,18+/m1/s1. The fourth-order valence-electron chi connectivity index (χ4n) is 3.61. The number of nitrogens with zero attached hydrogens (tertiary/aromatic N) is 2. The first-order chi connectivity index (χ1) is 11.7. The Labute approximate surface area is 140 Å². The van der Waals surface area contributed by atoms with Crippen LogP contribution in [-0.4, -0.2) is 47.2 Å². The molecule has 6 heteroatoms. The van der Waals surface area contributed by atoms with Crippen molar-refractivity contribution in [1.82, 2.24) is 9.88 Å². The van der Waals surface area contributed by atoms with Crippen LogP contribution in [0.4, 0.5) is 0 Å². The number of furan rings is 1. The van der Waals surface area contributed by atoms with Crippen LogP contribution in [0.15, 0.2) is 47.5 Å². The molecule has 0 aromatic carbocycles. The van der Waals surface area contributed by atoms with Crippen molar-refractivity contribution in [1.29, 1.82) is 0 Å². The summed E-state index contributed by atoms with van der Waals surface area (Å²) in [6, 6.07) is 5.45. The second-order valence-corrected chi connectivity index (χ2v) is 6.47. The van der Waals surface area contributed by atoms with Crippen molar-refractivity contribution in [3.05, 3.63) is 48.7 Å². The smallest absolute Gasteiger partial charge is 0.257 e. The monoisotopic (exact) mass is 328 g/mol. The Morgan fingerprint density at radius 1 is 1.42 bits per heavy atom. The van der Waals surface area contributed by atoms with Crippen LogP contribution in [0.1, 0.15) is 29.6 Å². The first kappa shape index (κ1) is 15.2. The van der Waals surface area contributed by atoms with Gasteiger partial charge in [-0.15, -0.1) is 0 Å². The molecule has 2 aliphatic rings. The van der Waals surface area contributed by atoms with Gasteiger partial charge in [0.25, 0.3) is 5.91 Å². The van der Waals surface area contributed by atoms with Gasteiger partial charge in [0.2, 0.25) is 0 Å². The van der Waals surface area contributed by atoms with Crippen molar-refractivity contribution in [3.63, 3.8) is 0 Å². The zero-order valence-electron chi connectivity index (χ0n) is 13.4. The van der Waals surface area contributed by atoms with Gasteiger partial charge in [-0.05, 0) is 31.0 Å². The molecule has 0 N–H and O–H groups in total.